The van der Waals surface area contributed by atoms with Crippen molar-refractivity contribution in [2.24, 2.45) is 5.92 Å². The van der Waals surface area contributed by atoms with Gasteiger partial charge in [0.25, 0.3) is 5.91 Å². The molecular formula is C14H16Cl2N2O3. The number of hydrogen-bond acceptors (Lipinski definition) is 4. The number of carbonyl (C=O) groups excluding carboxylic acids is 2. The van der Waals surface area contributed by atoms with Crippen LogP contribution in [0.1, 0.15) is 32.6 Å². The average molecular weight is 331 g/mol. The van der Waals surface area contributed by atoms with Gasteiger partial charge in [-0.25, -0.2) is 4.98 Å². The van der Waals surface area contributed by atoms with E-state index in [9.17, 15) is 9.59 Å². The van der Waals surface area contributed by atoms with Crippen LogP contribution in [0.4, 0.5) is 5.82 Å². The van der Waals surface area contributed by atoms with Crippen molar-refractivity contribution in [3.8, 4) is 0 Å². The van der Waals surface area contributed by atoms with E-state index >= 15 is 0 Å². The number of halogens is 2. The van der Waals surface area contributed by atoms with Crippen LogP contribution in [0, 0.1) is 5.92 Å². The third kappa shape index (κ3) is 4.32. The van der Waals surface area contributed by atoms with Gasteiger partial charge in [-0.3, -0.25) is 9.59 Å². The van der Waals surface area contributed by atoms with E-state index in [1.807, 2.05) is 0 Å². The molecular weight excluding hydrogens is 315 g/mol. The van der Waals surface area contributed by atoms with Crippen LogP contribution < -0.4 is 5.32 Å². The molecule has 21 heavy (non-hydrogen) atoms. The minimum Gasteiger partial charge on any atom is -0.452 e. The quantitative estimate of drug-likeness (QED) is 0.858. The fourth-order valence-electron chi connectivity index (χ4n) is 2.21. The van der Waals surface area contributed by atoms with Crippen molar-refractivity contribution in [1.82, 2.24) is 4.98 Å². The maximum absolute atomic E-state index is 12.0. The highest BCUT2D eigenvalue weighted by atomic mass is 35.5. The van der Waals surface area contributed by atoms with Gasteiger partial charge in [0.05, 0.1) is 16.0 Å². The predicted molar refractivity (Wildman–Crippen MR) is 80.4 cm³/mol. The number of esters is 1. The lowest BCUT2D eigenvalue weighted by Crippen LogP contribution is -2.32. The number of aromatic nitrogens is 1. The molecule has 1 fully saturated rings. The zero-order valence-electron chi connectivity index (χ0n) is 11.6. The standard InChI is InChI=1S/C14H16Cl2N2O3/c1-8(21-14(20)9-4-2-3-5-9)13(19)18-12-11(16)6-10(15)7-17-12/h6-9H,2-5H2,1H3,(H,17,18,19). The second-order valence-electron chi connectivity index (χ2n) is 5.03. The molecule has 1 atom stereocenters. The maximum Gasteiger partial charge on any atom is 0.309 e. The highest BCUT2D eigenvalue weighted by Crippen LogP contribution is 2.26. The van der Waals surface area contributed by atoms with Gasteiger partial charge in [-0.1, -0.05) is 36.0 Å². The number of hydrogen-bond donors (Lipinski definition) is 1. The molecule has 1 N–H and O–H groups in total. The molecule has 5 nitrogen and oxygen atoms in total. The number of pyridine rings is 1. The highest BCUT2D eigenvalue weighted by Gasteiger charge is 2.27. The molecule has 1 amide bonds. The first kappa shape index (κ1) is 16.0. The maximum atomic E-state index is 12.0. The lowest BCUT2D eigenvalue weighted by Gasteiger charge is -2.16. The Morgan fingerprint density at radius 3 is 2.67 bits per heavy atom. The predicted octanol–water partition coefficient (Wildman–Crippen LogP) is 3.45. The van der Waals surface area contributed by atoms with Gasteiger partial charge in [0, 0.05) is 6.20 Å². The molecule has 1 aromatic heterocycles. The number of rotatable bonds is 4. The van der Waals surface area contributed by atoms with E-state index in [4.69, 9.17) is 27.9 Å². The molecule has 1 unspecified atom stereocenters. The SMILES string of the molecule is CC(OC(=O)C1CCCC1)C(=O)Nc1ncc(Cl)cc1Cl. The normalized spacial score (nSPS) is 16.5. The summed E-state index contributed by atoms with van der Waals surface area (Å²) in [5, 5.41) is 3.12. The molecule has 1 heterocycles. The smallest absolute Gasteiger partial charge is 0.309 e. The summed E-state index contributed by atoms with van der Waals surface area (Å²) in [6.07, 6.45) is 4.20. The van der Waals surface area contributed by atoms with Gasteiger partial charge in [0.15, 0.2) is 11.9 Å². The van der Waals surface area contributed by atoms with Crippen LogP contribution >= 0.6 is 23.2 Å². The Labute approximate surface area is 133 Å². The van der Waals surface area contributed by atoms with E-state index in [1.54, 1.807) is 0 Å². The zero-order chi connectivity index (χ0) is 15.4. The molecule has 7 heteroatoms. The Kier molecular flexibility index (Phi) is 5.42. The van der Waals surface area contributed by atoms with Gasteiger partial charge < -0.3 is 10.1 Å². The molecule has 1 aliphatic rings. The van der Waals surface area contributed by atoms with Crippen molar-refractivity contribution in [2.75, 3.05) is 5.32 Å². The van der Waals surface area contributed by atoms with Crippen molar-refractivity contribution in [1.29, 1.82) is 0 Å². The summed E-state index contributed by atoms with van der Waals surface area (Å²) in [6, 6.07) is 1.47. The Morgan fingerprint density at radius 1 is 1.38 bits per heavy atom. The minimum absolute atomic E-state index is 0.0857. The zero-order valence-corrected chi connectivity index (χ0v) is 13.1. The van der Waals surface area contributed by atoms with E-state index in [-0.39, 0.29) is 22.7 Å². The van der Waals surface area contributed by atoms with Crippen LogP contribution in [0.2, 0.25) is 10.0 Å². The number of amides is 1. The summed E-state index contributed by atoms with van der Waals surface area (Å²) in [5.41, 5.74) is 0. The van der Waals surface area contributed by atoms with Crippen LogP contribution in [0.25, 0.3) is 0 Å². The van der Waals surface area contributed by atoms with E-state index in [0.717, 1.165) is 25.7 Å². The van der Waals surface area contributed by atoms with Crippen molar-refractivity contribution in [3.63, 3.8) is 0 Å². The van der Waals surface area contributed by atoms with Crippen molar-refractivity contribution < 1.29 is 14.3 Å². The Balaban J connectivity index is 1.91. The number of ether oxygens (including phenoxy) is 1. The third-order valence-corrected chi connectivity index (χ3v) is 3.89. The Hall–Kier alpha value is -1.33. The highest BCUT2D eigenvalue weighted by molar-refractivity contribution is 6.36. The first-order valence-electron chi connectivity index (χ1n) is 6.80. The Morgan fingerprint density at radius 2 is 2.05 bits per heavy atom. The molecule has 0 spiro atoms. The molecule has 0 radical (unpaired) electrons. The summed E-state index contributed by atoms with van der Waals surface area (Å²) in [7, 11) is 0. The van der Waals surface area contributed by atoms with Crippen molar-refractivity contribution in [2.45, 2.75) is 38.7 Å². The molecule has 1 aliphatic carbocycles. The summed E-state index contributed by atoms with van der Waals surface area (Å²) >= 11 is 11.6. The molecule has 2 rings (SSSR count). The van der Waals surface area contributed by atoms with Crippen LogP contribution in [-0.2, 0) is 14.3 Å². The summed E-state index contributed by atoms with van der Waals surface area (Å²) < 4.78 is 5.18. The molecule has 0 bridgehead atoms. The largest absolute Gasteiger partial charge is 0.452 e. The van der Waals surface area contributed by atoms with Crippen LogP contribution in [0.3, 0.4) is 0 Å². The van der Waals surface area contributed by atoms with E-state index in [2.05, 4.69) is 10.3 Å². The molecule has 0 aliphatic heterocycles. The summed E-state index contributed by atoms with van der Waals surface area (Å²) in [5.74, 6) is -0.685. The molecule has 1 saturated carbocycles. The topological polar surface area (TPSA) is 68.3 Å². The number of anilines is 1. The summed E-state index contributed by atoms with van der Waals surface area (Å²) in [4.78, 5) is 27.8. The first-order chi connectivity index (χ1) is 9.97. The molecule has 0 saturated heterocycles. The monoisotopic (exact) mass is 330 g/mol. The lowest BCUT2D eigenvalue weighted by atomic mass is 10.1. The van der Waals surface area contributed by atoms with Crippen molar-refractivity contribution in [3.05, 3.63) is 22.3 Å². The van der Waals surface area contributed by atoms with Crippen LogP contribution in [0.15, 0.2) is 12.3 Å². The van der Waals surface area contributed by atoms with Gasteiger partial charge >= 0.3 is 5.97 Å². The molecule has 1 aromatic rings. The third-order valence-electron chi connectivity index (χ3n) is 3.40. The molecule has 0 aromatic carbocycles. The summed E-state index contributed by atoms with van der Waals surface area (Å²) in [6.45, 7) is 1.52. The van der Waals surface area contributed by atoms with Crippen LogP contribution in [-0.4, -0.2) is 23.0 Å². The number of nitrogens with zero attached hydrogens (tertiary/aromatic N) is 1. The minimum atomic E-state index is -0.897. The fraction of sp³-hybridized carbons (Fsp3) is 0.500. The van der Waals surface area contributed by atoms with Gasteiger partial charge in [0.2, 0.25) is 0 Å². The lowest BCUT2D eigenvalue weighted by molar-refractivity contribution is -0.157. The van der Waals surface area contributed by atoms with E-state index in [0.29, 0.717) is 5.02 Å². The van der Waals surface area contributed by atoms with Crippen LogP contribution in [0.5, 0.6) is 0 Å². The van der Waals surface area contributed by atoms with Crippen molar-refractivity contribution >= 4 is 40.9 Å². The van der Waals surface area contributed by atoms with Gasteiger partial charge in [-0.05, 0) is 25.8 Å². The number of carbonyl (C=O) groups is 2. The Bertz CT molecular complexity index is 545. The van der Waals surface area contributed by atoms with Gasteiger partial charge in [-0.2, -0.15) is 0 Å². The fourth-order valence-corrected chi connectivity index (χ4v) is 2.64. The second-order valence-corrected chi connectivity index (χ2v) is 5.88. The average Bonchev–Trinajstić information content (AvgIpc) is 2.95. The molecule has 114 valence electrons. The number of nitrogens with one attached hydrogen (secondary N) is 1. The van der Waals surface area contributed by atoms with E-state index in [1.165, 1.54) is 19.2 Å². The first-order valence-corrected chi connectivity index (χ1v) is 7.55. The van der Waals surface area contributed by atoms with E-state index < -0.39 is 12.0 Å². The van der Waals surface area contributed by atoms with Gasteiger partial charge in [0.1, 0.15) is 0 Å². The van der Waals surface area contributed by atoms with Gasteiger partial charge in [-0.15, -0.1) is 0 Å². The second kappa shape index (κ2) is 7.09.